The maximum Gasteiger partial charge on any atom is 0.333 e. The van der Waals surface area contributed by atoms with E-state index >= 15 is 0 Å². The Morgan fingerprint density at radius 3 is 1.48 bits per heavy atom. The molecule has 18 N–H and O–H groups in total. The fraction of sp³-hybridized carbons (Fsp3) is 0.400. The Morgan fingerprint density at radius 1 is 0.487 bits per heavy atom. The number of ketones is 4. The molecule has 798 valence electrons. The van der Waals surface area contributed by atoms with Crippen molar-refractivity contribution in [1.82, 2.24) is 54.7 Å². The number of nitrogens with two attached hydrogens (primary N) is 4. The molecule has 4 aliphatic carbocycles. The Hall–Kier alpha value is -10.9. The summed E-state index contributed by atoms with van der Waals surface area (Å²) in [6.07, 6.45) is 9.90. The van der Waals surface area contributed by atoms with Gasteiger partial charge in [-0.1, -0.05) is 66.2 Å². The molecule has 4 unspecified atom stereocenters. The van der Waals surface area contributed by atoms with Crippen LogP contribution in [0.5, 0.6) is 0 Å². The van der Waals surface area contributed by atoms with E-state index < -0.39 is 126 Å². The van der Waals surface area contributed by atoms with Crippen molar-refractivity contribution in [2.24, 2.45) is 44.2 Å². The minimum Gasteiger partial charge on any atom is -0.393 e. The van der Waals surface area contributed by atoms with E-state index in [0.717, 1.165) is 75.3 Å². The highest BCUT2D eigenvalue weighted by atomic mass is 35.5. The molecule has 150 heavy (non-hydrogen) atoms. The van der Waals surface area contributed by atoms with Gasteiger partial charge in [0.1, 0.15) is 91.2 Å². The number of aliphatic hydroxyl groups is 5. The van der Waals surface area contributed by atoms with Gasteiger partial charge in [-0.05, 0) is 158 Å². The lowest BCUT2D eigenvalue weighted by molar-refractivity contribution is -0.115. The molecule has 0 saturated heterocycles. The smallest absolute Gasteiger partial charge is 0.333 e. The lowest BCUT2D eigenvalue weighted by Crippen LogP contribution is -2.36. The maximum absolute atomic E-state index is 14.3. The summed E-state index contributed by atoms with van der Waals surface area (Å²) in [5.41, 5.74) is 9.45. The number of halogens is 4. The summed E-state index contributed by atoms with van der Waals surface area (Å²) in [7, 11) is -16.5. The van der Waals surface area contributed by atoms with Crippen molar-refractivity contribution in [3.63, 3.8) is 0 Å². The van der Waals surface area contributed by atoms with Crippen molar-refractivity contribution in [1.29, 1.82) is 0 Å². The number of fused-ring (bicyclic) bond motifs is 4. The number of nitrogens with one attached hydrogen (secondary N) is 5. The van der Waals surface area contributed by atoms with Gasteiger partial charge in [-0.25, -0.2) is 69.8 Å². The van der Waals surface area contributed by atoms with Gasteiger partial charge in [-0.3, -0.25) is 35.9 Å². The number of imidazole rings is 1. The van der Waals surface area contributed by atoms with Crippen LogP contribution < -0.4 is 47.1 Å². The van der Waals surface area contributed by atoms with Gasteiger partial charge in [0.25, 0.3) is 5.92 Å². The summed E-state index contributed by atoms with van der Waals surface area (Å²) in [6, 6.07) is 24.5. The molecule has 9 aromatic heterocycles. The van der Waals surface area contributed by atoms with E-state index in [2.05, 4.69) is 105 Å². The number of hydrogen-bond donors (Lipinski definition) is 14. The van der Waals surface area contributed by atoms with E-state index in [-0.39, 0.29) is 138 Å². The number of benzene rings is 3. The number of carbonyl (C=O) groups excluding carboxylic acids is 4. The van der Waals surface area contributed by atoms with Gasteiger partial charge >= 0.3 is 41.2 Å². The second kappa shape index (κ2) is 46.9. The predicted molar refractivity (Wildman–Crippen MR) is 542 cm³/mol. The van der Waals surface area contributed by atoms with Crippen LogP contribution >= 0.6 is 56.9 Å². The summed E-state index contributed by atoms with van der Waals surface area (Å²) >= 11 is 11.5. The third-order valence-corrected chi connectivity index (χ3v) is 33.1. The lowest BCUT2D eigenvalue weighted by Gasteiger charge is -2.31. The molecule has 4 aliphatic heterocycles. The third kappa shape index (κ3) is 26.6. The number of alkyl halides is 2. The first-order valence-electron chi connectivity index (χ1n) is 47.0. The first kappa shape index (κ1) is 110. The van der Waals surface area contributed by atoms with Crippen LogP contribution in [0.1, 0.15) is 202 Å². The molecule has 3 aromatic carbocycles. The predicted octanol–water partition coefficient (Wildman–Crippen LogP) is 7.97. The zero-order valence-electron chi connectivity index (χ0n) is 79.6. The lowest BCUT2D eigenvalue weighted by atomic mass is 9.91. The van der Waals surface area contributed by atoms with Crippen molar-refractivity contribution < 1.29 is 122 Å². The van der Waals surface area contributed by atoms with Crippen LogP contribution in [-0.4, -0.2) is 239 Å². The molecule has 43 nitrogen and oxygen atoms in total. The van der Waals surface area contributed by atoms with Gasteiger partial charge in [0, 0.05) is 113 Å². The highest BCUT2D eigenvalue weighted by Crippen LogP contribution is 2.47. The average Bonchev–Trinajstić information content (AvgIpc) is 1.76. The van der Waals surface area contributed by atoms with Gasteiger partial charge in [0.2, 0.25) is 23.1 Å². The van der Waals surface area contributed by atoms with Crippen LogP contribution in [0.25, 0.3) is 0 Å². The van der Waals surface area contributed by atoms with E-state index in [9.17, 15) is 91.6 Å². The Bertz CT molecular complexity index is 7470. The molecule has 8 aliphatic rings. The number of anilines is 4. The molecule has 0 spiro atoms. The van der Waals surface area contributed by atoms with E-state index in [1.54, 1.807) is 41.8 Å². The number of rotatable bonds is 32. The number of carbonyl (C=O) groups is 4. The first-order valence-corrected chi connectivity index (χ1v) is 56.6. The average molecular weight is 2240 g/mol. The minimum atomic E-state index is -4.18. The Labute approximate surface area is 879 Å². The SMILES string of the molecule is Cc1sc(C(=O)c2cncnc2N[C@@H]2C[C@H](COS(N)(=O)=O)[C@@H](O)C2)cc1C1OCCn2c(C)cnc21.NS(=O)(=O)OC[C@H]1C[C@@H](Nc2ncncc2C(=O)c2cc(C3NCCc4ccccc43)cs2)[C@H](O)[C@@H]1O.NS(=O)(=O)OC[C@H]1C[C@@H](Nc2ncncc2C(=O)c2cc(C3OCC(F)(F)c4ccccc43)cs2)C[C@@H]1O.NS(=O)(=O)OC[C@H]1C[C@@H](Nc2ncncc2C(=O)c2cc(C3OCCc4ccc(F)cc43)c(Cl)s2)C[C@@H]1O. The van der Waals surface area contributed by atoms with Crippen LogP contribution in [0, 0.1) is 43.3 Å². The monoisotopic (exact) mass is 2240 g/mol. The van der Waals surface area contributed by atoms with Gasteiger partial charge in [0.15, 0.2) is 0 Å². The number of aromatic nitrogens is 10. The number of aryl methyl sites for hydroxylation is 2. The third-order valence-electron chi connectivity index (χ3n) is 26.9. The van der Waals surface area contributed by atoms with Crippen LogP contribution in [0.15, 0.2) is 158 Å². The summed E-state index contributed by atoms with van der Waals surface area (Å²) in [5.74, 6) is -4.86. The van der Waals surface area contributed by atoms with Crippen molar-refractivity contribution in [3.05, 3.63) is 282 Å². The fourth-order valence-corrected chi connectivity index (χ4v) is 25.1. The maximum atomic E-state index is 14.3. The van der Waals surface area contributed by atoms with E-state index in [0.29, 0.717) is 109 Å². The quantitative estimate of drug-likeness (QED) is 0.0178. The molecule has 20 rings (SSSR count). The number of nitrogens with zero attached hydrogens (tertiary/aromatic N) is 10. The Balaban J connectivity index is 0.000000136. The van der Waals surface area contributed by atoms with Crippen LogP contribution in [0.4, 0.5) is 36.4 Å². The van der Waals surface area contributed by atoms with E-state index in [4.69, 9.17) is 46.4 Å². The molecule has 55 heteroatoms. The van der Waals surface area contributed by atoms with Crippen molar-refractivity contribution in [2.45, 2.75) is 163 Å². The van der Waals surface area contributed by atoms with Gasteiger partial charge in [-0.15, -0.1) is 45.3 Å². The molecular weight excluding hydrogens is 2140 g/mol. The highest BCUT2D eigenvalue weighted by Gasteiger charge is 2.46. The molecule has 4 saturated carbocycles. The standard InChI is InChI=1S/C24H24ClFN4O6S2.C24H24F2N4O6S2.C24H27N5O6S2.C23H28N6O6S2/c25-23-17(22-16-6-14(26)2-1-12(16)3-4-35-22)8-20(37-23)21(32)18-9-28-11-29-24(18)30-15-5-13(19(31)7-15)10-36-38(27,33)34;25-24(26)11-35-22(16-3-1-2-4-18(16)24)14-6-20(37-10-14)21(32)17-8-28-12-29-23(17)30-15-5-13(19(31)7-15)9-36-38(27,33)34;25-37(33,34)35-10-14-7-18(23(32)21(14)30)29-24-17(9-26-12-28-24)22(31)19-8-15(11-36-19)20-16-4-2-1-3-13(16)5-6-27-20;1-12-8-26-23-21(34-4-3-29(12)23)16-7-19(36-13(16)2)20(31)17-9-25-11-27-22(17)28-15-5-14(18(30)6-15)10-35-37(24,32)33/h1-2,6,8-9,11,13,15,19,22,31H,3-5,7,10H2,(H2,27,33,34)(H,28,29,30);1-4,6,8,10,12-13,15,19,22,31H,5,7,9,11H2,(H2,27,33,34)(H,28,29,30);1-4,8-9,11-12,14,18,20-21,23,27,30,32H,5-7,10H2,(H2,25,33,34)(H,26,28,29);7-9,11,14-15,18,21,30H,3-6,10H2,1-2H3,(H2,24,32,33)(H,25,27,28)/t2*13-,15-,19+,22?;14-,18-,20?,21-,23+;14-,15-,18+,21?/m1111/s1. The second-order valence-electron chi connectivity index (χ2n) is 37.0. The summed E-state index contributed by atoms with van der Waals surface area (Å²) < 4.78 is 170. The largest absolute Gasteiger partial charge is 0.393 e. The highest BCUT2D eigenvalue weighted by molar-refractivity contribution is 7.85. The van der Waals surface area contributed by atoms with E-state index in [1.807, 2.05) is 49.7 Å². The molecule has 0 bridgehead atoms. The molecule has 17 atom stereocenters. The second-order valence-corrected chi connectivity index (χ2v) is 46.6. The zero-order chi connectivity index (χ0) is 107. The molecule has 0 amide bonds. The molecule has 4 fully saturated rings. The fourth-order valence-electron chi connectivity index (χ4n) is 19.6. The van der Waals surface area contributed by atoms with Gasteiger partial charge in [-0.2, -0.15) is 42.5 Å². The van der Waals surface area contributed by atoms with E-state index in [1.165, 1.54) is 102 Å². The molecule has 12 aromatic rings. The van der Waals surface area contributed by atoms with Crippen molar-refractivity contribution in [2.75, 3.05) is 74.1 Å². The van der Waals surface area contributed by atoms with Crippen LogP contribution in [0.2, 0.25) is 4.34 Å². The minimum absolute atomic E-state index is 0.000945. The van der Waals surface area contributed by atoms with Crippen LogP contribution in [-0.2, 0) is 97.5 Å². The van der Waals surface area contributed by atoms with Crippen molar-refractivity contribution in [3.8, 4) is 0 Å². The van der Waals surface area contributed by atoms with Crippen molar-refractivity contribution >= 4 is 145 Å². The number of thiophene rings is 4. The van der Waals surface area contributed by atoms with Gasteiger partial charge in [0.05, 0.1) is 122 Å². The Kier molecular flexibility index (Phi) is 34.5. The molecule has 13 heterocycles. The Morgan fingerprint density at radius 2 is 0.947 bits per heavy atom. The summed E-state index contributed by atoms with van der Waals surface area (Å²) in [4.78, 5) is 94.1. The topological polar surface area (TPSA) is 656 Å². The number of aliphatic hydroxyl groups excluding tert-OH is 5. The van der Waals surface area contributed by atoms with Crippen LogP contribution in [0.3, 0.4) is 0 Å². The summed E-state index contributed by atoms with van der Waals surface area (Å²) in [6.45, 7) is 4.70. The molecule has 0 radical (unpaired) electrons. The number of ether oxygens (including phenoxy) is 3. The first-order chi connectivity index (χ1) is 71.4. The number of hydrogen-bond acceptors (Lipinski definition) is 42. The molecular formula is C95H103ClF3N19O24S8. The summed E-state index contributed by atoms with van der Waals surface area (Å²) in [5, 5.41) is 91.1. The van der Waals surface area contributed by atoms with Gasteiger partial charge < -0.3 is 70.9 Å². The zero-order valence-corrected chi connectivity index (χ0v) is 86.9. The normalized spacial score (nSPS) is 24.3.